The van der Waals surface area contributed by atoms with Crippen LogP contribution in [0.15, 0.2) is 42.5 Å². The van der Waals surface area contributed by atoms with E-state index >= 15 is 0 Å². The molecular weight excluding hydrogens is 417 g/mol. The molecule has 0 heterocycles. The Bertz CT molecular complexity index is 726. The first-order valence-corrected chi connectivity index (χ1v) is 8.97. The maximum atomic E-state index is 12.9. The summed E-state index contributed by atoms with van der Waals surface area (Å²) in [6.45, 7) is 0.524. The van der Waals surface area contributed by atoms with Gasteiger partial charge in [-0.3, -0.25) is 4.79 Å². The number of ether oxygens (including phenoxy) is 2. The van der Waals surface area contributed by atoms with Crippen LogP contribution >= 0.6 is 22.6 Å². The van der Waals surface area contributed by atoms with Crippen LogP contribution in [0.4, 0.5) is 0 Å². The SMILES string of the molecule is COc1ccc(OC)c(CN(C(=O)c2ccc(I)cc2)C2CC2)c1. The lowest BCUT2D eigenvalue weighted by molar-refractivity contribution is 0.0728. The number of rotatable bonds is 6. The molecule has 4 nitrogen and oxygen atoms in total. The van der Waals surface area contributed by atoms with Crippen molar-refractivity contribution in [3.05, 3.63) is 57.2 Å². The fourth-order valence-corrected chi connectivity index (χ4v) is 3.06. The largest absolute Gasteiger partial charge is 0.497 e. The highest BCUT2D eigenvalue weighted by molar-refractivity contribution is 14.1. The van der Waals surface area contributed by atoms with Crippen LogP contribution in [0.3, 0.4) is 0 Å². The Labute approximate surface area is 155 Å². The standard InChI is InChI=1S/C19H20INO3/c1-23-17-9-10-18(24-2)14(11-17)12-21(16-7-8-16)19(22)13-3-5-15(20)6-4-13/h3-6,9-11,16H,7-8,12H2,1-2H3. The van der Waals surface area contributed by atoms with Crippen molar-refractivity contribution in [2.75, 3.05) is 14.2 Å². The van der Waals surface area contributed by atoms with E-state index in [-0.39, 0.29) is 5.91 Å². The molecule has 0 bridgehead atoms. The average molecular weight is 437 g/mol. The minimum atomic E-state index is 0.0683. The van der Waals surface area contributed by atoms with Gasteiger partial charge in [0.25, 0.3) is 5.91 Å². The van der Waals surface area contributed by atoms with E-state index in [1.54, 1.807) is 14.2 Å². The average Bonchev–Trinajstić information content (AvgIpc) is 3.44. The number of methoxy groups -OCH3 is 2. The van der Waals surface area contributed by atoms with Crippen LogP contribution in [-0.2, 0) is 6.54 Å². The van der Waals surface area contributed by atoms with Crippen LogP contribution in [0.25, 0.3) is 0 Å². The molecule has 0 aliphatic heterocycles. The van der Waals surface area contributed by atoms with Gasteiger partial charge in [0.2, 0.25) is 0 Å². The van der Waals surface area contributed by atoms with E-state index < -0.39 is 0 Å². The lowest BCUT2D eigenvalue weighted by atomic mass is 10.1. The van der Waals surface area contributed by atoms with Gasteiger partial charge in [0, 0.05) is 20.7 Å². The van der Waals surface area contributed by atoms with Crippen LogP contribution in [0.1, 0.15) is 28.8 Å². The molecule has 3 rings (SSSR count). The molecule has 1 saturated carbocycles. The van der Waals surface area contributed by atoms with E-state index in [4.69, 9.17) is 9.47 Å². The third kappa shape index (κ3) is 3.83. The van der Waals surface area contributed by atoms with E-state index in [1.807, 2.05) is 47.4 Å². The number of halogens is 1. The molecule has 0 N–H and O–H groups in total. The van der Waals surface area contributed by atoms with Gasteiger partial charge >= 0.3 is 0 Å². The third-order valence-corrected chi connectivity index (χ3v) is 4.89. The van der Waals surface area contributed by atoms with Crippen molar-refractivity contribution < 1.29 is 14.3 Å². The minimum absolute atomic E-state index is 0.0683. The molecule has 1 fully saturated rings. The Morgan fingerprint density at radius 2 is 1.83 bits per heavy atom. The Morgan fingerprint density at radius 3 is 2.42 bits per heavy atom. The summed E-state index contributed by atoms with van der Waals surface area (Å²) < 4.78 is 11.9. The van der Waals surface area contributed by atoms with E-state index in [1.165, 1.54) is 0 Å². The highest BCUT2D eigenvalue weighted by Gasteiger charge is 2.33. The molecule has 2 aromatic carbocycles. The second kappa shape index (κ2) is 7.42. The van der Waals surface area contributed by atoms with E-state index in [2.05, 4.69) is 22.6 Å². The van der Waals surface area contributed by atoms with Crippen molar-refractivity contribution in [3.63, 3.8) is 0 Å². The van der Waals surface area contributed by atoms with Gasteiger partial charge < -0.3 is 14.4 Å². The number of amides is 1. The van der Waals surface area contributed by atoms with Crippen molar-refractivity contribution in [1.82, 2.24) is 4.90 Å². The van der Waals surface area contributed by atoms with Gasteiger partial charge in [-0.1, -0.05) is 0 Å². The Hall–Kier alpha value is -1.76. The summed E-state index contributed by atoms with van der Waals surface area (Å²) in [6.07, 6.45) is 2.12. The third-order valence-electron chi connectivity index (χ3n) is 4.17. The van der Waals surface area contributed by atoms with Gasteiger partial charge in [0.05, 0.1) is 20.8 Å². The first kappa shape index (κ1) is 17.1. The molecule has 0 aromatic heterocycles. The fraction of sp³-hybridized carbons (Fsp3) is 0.316. The Balaban J connectivity index is 1.87. The number of hydrogen-bond acceptors (Lipinski definition) is 3. The topological polar surface area (TPSA) is 38.8 Å². The van der Waals surface area contributed by atoms with Crippen molar-refractivity contribution in [2.24, 2.45) is 0 Å². The Kier molecular flexibility index (Phi) is 5.28. The number of nitrogens with zero attached hydrogens (tertiary/aromatic N) is 1. The molecule has 1 amide bonds. The second-order valence-electron chi connectivity index (χ2n) is 5.85. The summed E-state index contributed by atoms with van der Waals surface area (Å²) in [7, 11) is 3.29. The van der Waals surface area contributed by atoms with Gasteiger partial charge in [-0.15, -0.1) is 0 Å². The predicted octanol–water partition coefficient (Wildman–Crippen LogP) is 4.11. The molecule has 2 aromatic rings. The van der Waals surface area contributed by atoms with Crippen molar-refractivity contribution in [2.45, 2.75) is 25.4 Å². The van der Waals surface area contributed by atoms with E-state index in [0.29, 0.717) is 12.6 Å². The molecular formula is C19H20INO3. The van der Waals surface area contributed by atoms with Crippen molar-refractivity contribution in [3.8, 4) is 11.5 Å². The fourth-order valence-electron chi connectivity index (χ4n) is 2.70. The Morgan fingerprint density at radius 1 is 1.12 bits per heavy atom. The number of benzene rings is 2. The zero-order chi connectivity index (χ0) is 17.1. The summed E-state index contributed by atoms with van der Waals surface area (Å²) in [5.74, 6) is 1.61. The minimum Gasteiger partial charge on any atom is -0.497 e. The number of carbonyl (C=O) groups is 1. The molecule has 0 unspecified atom stereocenters. The van der Waals surface area contributed by atoms with Crippen LogP contribution in [0, 0.1) is 3.57 Å². The van der Waals surface area contributed by atoms with Gasteiger partial charge in [0.15, 0.2) is 0 Å². The van der Waals surface area contributed by atoms with Crippen LogP contribution in [0.5, 0.6) is 11.5 Å². The summed E-state index contributed by atoms with van der Waals surface area (Å²) >= 11 is 2.24. The summed E-state index contributed by atoms with van der Waals surface area (Å²) in [5.41, 5.74) is 1.69. The molecule has 0 radical (unpaired) electrons. The normalized spacial score (nSPS) is 13.5. The van der Waals surface area contributed by atoms with Gasteiger partial charge in [-0.2, -0.15) is 0 Å². The van der Waals surface area contributed by atoms with E-state index in [9.17, 15) is 4.79 Å². The first-order chi connectivity index (χ1) is 11.6. The van der Waals surface area contributed by atoms with Crippen LogP contribution in [-0.4, -0.2) is 31.1 Å². The summed E-state index contributed by atoms with van der Waals surface area (Å²) in [4.78, 5) is 14.9. The second-order valence-corrected chi connectivity index (χ2v) is 7.09. The quantitative estimate of drug-likeness (QED) is 0.639. The van der Waals surface area contributed by atoms with Crippen LogP contribution < -0.4 is 9.47 Å². The first-order valence-electron chi connectivity index (χ1n) is 7.90. The summed E-state index contributed by atoms with van der Waals surface area (Å²) in [6, 6.07) is 13.7. The zero-order valence-corrected chi connectivity index (χ0v) is 15.9. The molecule has 0 spiro atoms. The molecule has 5 heteroatoms. The maximum Gasteiger partial charge on any atom is 0.254 e. The predicted molar refractivity (Wildman–Crippen MR) is 102 cm³/mol. The number of hydrogen-bond donors (Lipinski definition) is 0. The summed E-state index contributed by atoms with van der Waals surface area (Å²) in [5, 5.41) is 0. The monoisotopic (exact) mass is 437 g/mol. The molecule has 1 aliphatic carbocycles. The molecule has 0 saturated heterocycles. The van der Waals surface area contributed by atoms with Gasteiger partial charge in [-0.05, 0) is 77.9 Å². The lowest BCUT2D eigenvalue weighted by Crippen LogP contribution is -2.32. The lowest BCUT2D eigenvalue weighted by Gasteiger charge is -2.24. The zero-order valence-electron chi connectivity index (χ0n) is 13.8. The molecule has 1 aliphatic rings. The highest BCUT2D eigenvalue weighted by Crippen LogP contribution is 2.33. The van der Waals surface area contributed by atoms with E-state index in [0.717, 1.165) is 39.0 Å². The molecule has 0 atom stereocenters. The van der Waals surface area contributed by atoms with Crippen molar-refractivity contribution >= 4 is 28.5 Å². The maximum absolute atomic E-state index is 12.9. The van der Waals surface area contributed by atoms with Crippen LogP contribution in [0.2, 0.25) is 0 Å². The van der Waals surface area contributed by atoms with Gasteiger partial charge in [-0.25, -0.2) is 0 Å². The van der Waals surface area contributed by atoms with Crippen molar-refractivity contribution in [1.29, 1.82) is 0 Å². The smallest absolute Gasteiger partial charge is 0.254 e. The molecule has 126 valence electrons. The number of carbonyl (C=O) groups excluding carboxylic acids is 1. The molecule has 24 heavy (non-hydrogen) atoms. The highest BCUT2D eigenvalue weighted by atomic mass is 127. The van der Waals surface area contributed by atoms with Gasteiger partial charge in [0.1, 0.15) is 11.5 Å².